The van der Waals surface area contributed by atoms with E-state index in [-0.39, 0.29) is 23.5 Å². The van der Waals surface area contributed by atoms with Crippen molar-refractivity contribution in [1.29, 1.82) is 0 Å². The number of ether oxygens (including phenoxy) is 1. The molecule has 0 aromatic rings. The van der Waals surface area contributed by atoms with Gasteiger partial charge in [0.1, 0.15) is 11.6 Å². The maximum atomic E-state index is 12.2. The Morgan fingerprint density at radius 3 is 2.54 bits per heavy atom. The van der Waals surface area contributed by atoms with E-state index in [2.05, 4.69) is 24.1 Å². The number of likely N-dealkylation sites (tertiary alicyclic amines) is 1. The van der Waals surface area contributed by atoms with Crippen molar-refractivity contribution in [1.82, 2.24) is 15.1 Å². The molecule has 1 saturated carbocycles. The van der Waals surface area contributed by atoms with Gasteiger partial charge in [-0.3, -0.25) is 14.5 Å². The normalized spacial score (nSPS) is 26.5. The highest BCUT2D eigenvalue weighted by Crippen LogP contribution is 2.36. The predicted molar refractivity (Wildman–Crippen MR) is 91.5 cm³/mol. The zero-order chi connectivity index (χ0) is 17.3. The lowest BCUT2D eigenvalue weighted by molar-refractivity contribution is -0.204. The van der Waals surface area contributed by atoms with Crippen LogP contribution in [0.15, 0.2) is 0 Å². The molecule has 1 N–H and O–H groups in total. The smallest absolute Gasteiger partial charge is 0.239 e. The lowest BCUT2D eigenvalue weighted by Gasteiger charge is -2.55. The number of carbonyl (C=O) groups is 2. The van der Waals surface area contributed by atoms with E-state index in [4.69, 9.17) is 4.74 Å². The van der Waals surface area contributed by atoms with E-state index in [1.54, 1.807) is 7.05 Å². The van der Waals surface area contributed by atoms with Crippen molar-refractivity contribution < 1.29 is 14.3 Å². The summed E-state index contributed by atoms with van der Waals surface area (Å²) >= 11 is 0. The summed E-state index contributed by atoms with van der Waals surface area (Å²) in [6.07, 6.45) is 4.10. The first kappa shape index (κ1) is 17.7. The second-order valence-electron chi connectivity index (χ2n) is 8.18. The molecule has 2 saturated heterocycles. The summed E-state index contributed by atoms with van der Waals surface area (Å²) in [5, 5.41) is 2.75. The number of nitrogens with one attached hydrogen (secondary N) is 1. The summed E-state index contributed by atoms with van der Waals surface area (Å²) in [7, 11) is 1.68. The van der Waals surface area contributed by atoms with Crippen molar-refractivity contribution in [2.75, 3.05) is 39.8 Å². The molecule has 0 aromatic heterocycles. The first-order valence-electron chi connectivity index (χ1n) is 9.30. The van der Waals surface area contributed by atoms with Crippen LogP contribution in [-0.4, -0.2) is 73.1 Å². The Hall–Kier alpha value is -1.14. The summed E-state index contributed by atoms with van der Waals surface area (Å²) in [6, 6.07) is -0.188. The van der Waals surface area contributed by atoms with Crippen LogP contribution in [0.25, 0.3) is 0 Å². The largest absolute Gasteiger partial charge is 0.368 e. The molecule has 2 aliphatic heterocycles. The lowest BCUT2D eigenvalue weighted by atomic mass is 9.89. The molecule has 6 nitrogen and oxygen atoms in total. The summed E-state index contributed by atoms with van der Waals surface area (Å²) in [5.41, 5.74) is -0.257. The van der Waals surface area contributed by atoms with E-state index in [1.807, 2.05) is 4.90 Å². The van der Waals surface area contributed by atoms with Gasteiger partial charge in [0.2, 0.25) is 11.8 Å². The second kappa shape index (κ2) is 7.00. The lowest BCUT2D eigenvalue weighted by Crippen LogP contribution is -2.73. The zero-order valence-corrected chi connectivity index (χ0v) is 15.2. The SMILES string of the molecule is CNC(=O)C1COC2(CN(C(=O)CCC(C)C)C2)CN1CC1CC1. The van der Waals surface area contributed by atoms with Gasteiger partial charge in [0.15, 0.2) is 0 Å². The Morgan fingerprint density at radius 1 is 1.25 bits per heavy atom. The molecule has 1 spiro atoms. The number of carbonyl (C=O) groups excluding carboxylic acids is 2. The minimum absolute atomic E-state index is 0.0367. The maximum absolute atomic E-state index is 12.2. The minimum Gasteiger partial charge on any atom is -0.368 e. The van der Waals surface area contributed by atoms with Crippen LogP contribution >= 0.6 is 0 Å². The standard InChI is InChI=1S/C18H31N3O3/c1-13(2)4-7-16(22)21-11-18(12-21)10-20(8-14-5-6-14)15(9-24-18)17(23)19-3/h13-15H,4-12H2,1-3H3,(H,19,23). The van der Waals surface area contributed by atoms with Crippen LogP contribution in [0.3, 0.4) is 0 Å². The minimum atomic E-state index is -0.257. The second-order valence-corrected chi connectivity index (χ2v) is 8.18. The van der Waals surface area contributed by atoms with E-state index in [1.165, 1.54) is 12.8 Å². The average Bonchev–Trinajstić information content (AvgIpc) is 3.33. The molecule has 0 aromatic carbocycles. The molecular formula is C18H31N3O3. The Labute approximate surface area is 144 Å². The van der Waals surface area contributed by atoms with Crippen molar-refractivity contribution in [3.8, 4) is 0 Å². The van der Waals surface area contributed by atoms with Crippen molar-refractivity contribution in [3.05, 3.63) is 0 Å². The van der Waals surface area contributed by atoms with E-state index >= 15 is 0 Å². The molecular weight excluding hydrogens is 306 g/mol. The Kier molecular flexibility index (Phi) is 5.16. The van der Waals surface area contributed by atoms with Crippen LogP contribution in [0.1, 0.15) is 39.5 Å². The molecule has 136 valence electrons. The van der Waals surface area contributed by atoms with Gasteiger partial charge in [-0.15, -0.1) is 0 Å². The molecule has 0 bridgehead atoms. The Bertz CT molecular complexity index is 484. The number of hydrogen-bond donors (Lipinski definition) is 1. The number of likely N-dealkylation sites (N-methyl/N-ethyl adjacent to an activating group) is 1. The molecule has 3 fully saturated rings. The van der Waals surface area contributed by atoms with Crippen molar-refractivity contribution in [2.45, 2.75) is 51.2 Å². The molecule has 3 rings (SSSR count). The van der Waals surface area contributed by atoms with Gasteiger partial charge in [-0.1, -0.05) is 13.8 Å². The van der Waals surface area contributed by atoms with Gasteiger partial charge < -0.3 is 15.0 Å². The van der Waals surface area contributed by atoms with Crippen LogP contribution in [-0.2, 0) is 14.3 Å². The average molecular weight is 337 g/mol. The fourth-order valence-electron chi connectivity index (χ4n) is 3.71. The van der Waals surface area contributed by atoms with Crippen molar-refractivity contribution >= 4 is 11.8 Å². The van der Waals surface area contributed by atoms with Crippen LogP contribution < -0.4 is 5.32 Å². The predicted octanol–water partition coefficient (Wildman–Crippen LogP) is 0.860. The van der Waals surface area contributed by atoms with E-state index in [9.17, 15) is 9.59 Å². The van der Waals surface area contributed by atoms with E-state index in [0.717, 1.165) is 25.4 Å². The Morgan fingerprint density at radius 2 is 1.96 bits per heavy atom. The molecule has 1 aliphatic carbocycles. The number of hydrogen-bond acceptors (Lipinski definition) is 4. The van der Waals surface area contributed by atoms with Gasteiger partial charge in [0.05, 0.1) is 19.7 Å². The van der Waals surface area contributed by atoms with Gasteiger partial charge in [-0.2, -0.15) is 0 Å². The van der Waals surface area contributed by atoms with E-state index < -0.39 is 0 Å². The number of nitrogens with zero attached hydrogens (tertiary/aromatic N) is 2. The third kappa shape index (κ3) is 3.91. The fourth-order valence-corrected chi connectivity index (χ4v) is 3.71. The highest BCUT2D eigenvalue weighted by molar-refractivity contribution is 5.82. The van der Waals surface area contributed by atoms with Crippen molar-refractivity contribution in [3.63, 3.8) is 0 Å². The van der Waals surface area contributed by atoms with Crippen molar-refractivity contribution in [2.24, 2.45) is 11.8 Å². The maximum Gasteiger partial charge on any atom is 0.239 e. The first-order chi connectivity index (χ1) is 11.4. The fraction of sp³-hybridized carbons (Fsp3) is 0.889. The Balaban J connectivity index is 1.54. The summed E-state index contributed by atoms with van der Waals surface area (Å²) < 4.78 is 6.08. The van der Waals surface area contributed by atoms with Gasteiger partial charge in [-0.05, 0) is 31.1 Å². The molecule has 2 amide bonds. The van der Waals surface area contributed by atoms with Gasteiger partial charge in [-0.25, -0.2) is 0 Å². The molecule has 2 heterocycles. The summed E-state index contributed by atoms with van der Waals surface area (Å²) in [4.78, 5) is 28.6. The number of amides is 2. The third-order valence-electron chi connectivity index (χ3n) is 5.46. The summed E-state index contributed by atoms with van der Waals surface area (Å²) in [5.74, 6) is 1.56. The van der Waals surface area contributed by atoms with Crippen LogP contribution in [0, 0.1) is 11.8 Å². The zero-order valence-electron chi connectivity index (χ0n) is 15.2. The number of morpholine rings is 1. The topological polar surface area (TPSA) is 61.9 Å². The quantitative estimate of drug-likeness (QED) is 0.781. The monoisotopic (exact) mass is 337 g/mol. The highest BCUT2D eigenvalue weighted by atomic mass is 16.5. The highest BCUT2D eigenvalue weighted by Gasteiger charge is 2.52. The number of rotatable bonds is 6. The van der Waals surface area contributed by atoms with Crippen LogP contribution in [0.5, 0.6) is 0 Å². The molecule has 1 unspecified atom stereocenters. The van der Waals surface area contributed by atoms with E-state index in [0.29, 0.717) is 32.0 Å². The van der Waals surface area contributed by atoms with Gasteiger partial charge in [0, 0.05) is 26.6 Å². The van der Waals surface area contributed by atoms with Gasteiger partial charge in [0.25, 0.3) is 0 Å². The van der Waals surface area contributed by atoms with Crippen LogP contribution in [0.2, 0.25) is 0 Å². The summed E-state index contributed by atoms with van der Waals surface area (Å²) in [6.45, 7) is 7.80. The van der Waals surface area contributed by atoms with Gasteiger partial charge >= 0.3 is 0 Å². The van der Waals surface area contributed by atoms with Crippen LogP contribution in [0.4, 0.5) is 0 Å². The molecule has 1 atom stereocenters. The molecule has 24 heavy (non-hydrogen) atoms. The third-order valence-corrected chi connectivity index (χ3v) is 5.46. The molecule has 6 heteroatoms. The molecule has 0 radical (unpaired) electrons. The molecule has 3 aliphatic rings. The first-order valence-corrected chi connectivity index (χ1v) is 9.30.